The van der Waals surface area contributed by atoms with Crippen molar-refractivity contribution in [3.8, 4) is 6.07 Å². The number of carboxylic acids is 1. The Morgan fingerprint density at radius 2 is 2.31 bits per heavy atom. The quantitative estimate of drug-likeness (QED) is 0.655. The summed E-state index contributed by atoms with van der Waals surface area (Å²) >= 11 is 0. The van der Waals surface area contributed by atoms with E-state index >= 15 is 0 Å². The zero-order valence-corrected chi connectivity index (χ0v) is 7.41. The zero-order valence-electron chi connectivity index (χ0n) is 7.41. The maximum absolute atomic E-state index is 11.1. The highest BCUT2D eigenvalue weighted by atomic mass is 16.4. The number of hydrogen-bond acceptors (Lipinski definition) is 3. The lowest BCUT2D eigenvalue weighted by molar-refractivity contribution is -0.148. The Morgan fingerprint density at radius 1 is 1.69 bits per heavy atom. The van der Waals surface area contributed by atoms with Gasteiger partial charge in [-0.2, -0.15) is 5.26 Å². The number of nitriles is 1. The summed E-state index contributed by atoms with van der Waals surface area (Å²) in [4.78, 5) is 21.9. The van der Waals surface area contributed by atoms with Gasteiger partial charge < -0.3 is 5.11 Å². The minimum Gasteiger partial charge on any atom is -0.480 e. The third-order valence-corrected chi connectivity index (χ3v) is 2.72. The van der Waals surface area contributed by atoms with Gasteiger partial charge in [0.1, 0.15) is 11.2 Å². The Kier molecular flexibility index (Phi) is 2.37. The number of carboxylic acid groups (broad SMARTS) is 1. The molecule has 0 spiro atoms. The highest BCUT2D eigenvalue weighted by Gasteiger charge is 2.63. The summed E-state index contributed by atoms with van der Waals surface area (Å²) in [5.41, 5.74) is -1.16. The van der Waals surface area contributed by atoms with Crippen molar-refractivity contribution in [1.29, 1.82) is 5.26 Å². The van der Waals surface area contributed by atoms with Crippen LogP contribution in [0.2, 0.25) is 0 Å². The average molecular weight is 181 g/mol. The Bertz CT molecular complexity index is 276. The van der Waals surface area contributed by atoms with Crippen LogP contribution in [-0.4, -0.2) is 16.9 Å². The molecule has 70 valence electrons. The summed E-state index contributed by atoms with van der Waals surface area (Å²) in [5.74, 6) is -1.45. The number of rotatable bonds is 4. The Balaban J connectivity index is 2.64. The molecule has 0 aromatic rings. The normalized spacial score (nSPS) is 30.6. The van der Waals surface area contributed by atoms with Gasteiger partial charge in [-0.3, -0.25) is 9.59 Å². The SMILES string of the molecule is CC(=O)C1(C(=O)O)C[C@H]1CCC#N. The number of aliphatic carboxylic acids is 1. The maximum Gasteiger partial charge on any atom is 0.317 e. The van der Waals surface area contributed by atoms with Crippen molar-refractivity contribution in [2.75, 3.05) is 0 Å². The molecule has 4 heteroatoms. The lowest BCUT2D eigenvalue weighted by atomic mass is 9.97. The summed E-state index contributed by atoms with van der Waals surface area (Å²) in [7, 11) is 0. The first-order valence-corrected chi connectivity index (χ1v) is 4.17. The summed E-state index contributed by atoms with van der Waals surface area (Å²) in [6.45, 7) is 1.31. The van der Waals surface area contributed by atoms with E-state index in [1.54, 1.807) is 0 Å². The number of carbonyl (C=O) groups is 2. The number of ketones is 1. The zero-order chi connectivity index (χ0) is 10.1. The van der Waals surface area contributed by atoms with Crippen molar-refractivity contribution >= 4 is 11.8 Å². The second-order valence-corrected chi connectivity index (χ2v) is 3.43. The molecule has 1 unspecified atom stereocenters. The van der Waals surface area contributed by atoms with Gasteiger partial charge in [-0.25, -0.2) is 0 Å². The van der Waals surface area contributed by atoms with Gasteiger partial charge in [0.25, 0.3) is 0 Å². The van der Waals surface area contributed by atoms with Crippen molar-refractivity contribution in [2.24, 2.45) is 11.3 Å². The van der Waals surface area contributed by atoms with Crippen molar-refractivity contribution in [3.63, 3.8) is 0 Å². The number of hydrogen-bond donors (Lipinski definition) is 1. The molecule has 1 aliphatic carbocycles. The second kappa shape index (κ2) is 3.17. The molecule has 0 amide bonds. The minimum atomic E-state index is -1.16. The van der Waals surface area contributed by atoms with E-state index in [2.05, 4.69) is 0 Å². The first-order valence-electron chi connectivity index (χ1n) is 4.17. The smallest absolute Gasteiger partial charge is 0.317 e. The van der Waals surface area contributed by atoms with E-state index in [-0.39, 0.29) is 11.7 Å². The molecule has 0 bridgehead atoms. The summed E-state index contributed by atoms with van der Waals surface area (Å²) in [5, 5.41) is 17.1. The molecule has 1 fully saturated rings. The molecule has 0 heterocycles. The van der Waals surface area contributed by atoms with Gasteiger partial charge in [0.05, 0.1) is 6.07 Å². The molecular formula is C9H11NO3. The first kappa shape index (κ1) is 9.72. The molecule has 0 aromatic carbocycles. The van der Waals surface area contributed by atoms with E-state index < -0.39 is 11.4 Å². The molecule has 1 rings (SSSR count). The van der Waals surface area contributed by atoms with Gasteiger partial charge in [-0.15, -0.1) is 0 Å². The summed E-state index contributed by atoms with van der Waals surface area (Å²) < 4.78 is 0. The third kappa shape index (κ3) is 1.42. The largest absolute Gasteiger partial charge is 0.480 e. The summed E-state index contributed by atoms with van der Waals surface area (Å²) in [6.07, 6.45) is 1.24. The van der Waals surface area contributed by atoms with E-state index in [1.165, 1.54) is 6.92 Å². The van der Waals surface area contributed by atoms with E-state index in [0.717, 1.165) is 0 Å². The molecular weight excluding hydrogens is 170 g/mol. The van der Waals surface area contributed by atoms with E-state index in [1.807, 2.05) is 6.07 Å². The molecule has 4 nitrogen and oxygen atoms in total. The number of carbonyl (C=O) groups excluding carboxylic acids is 1. The molecule has 13 heavy (non-hydrogen) atoms. The molecule has 0 aliphatic heterocycles. The fraction of sp³-hybridized carbons (Fsp3) is 0.667. The van der Waals surface area contributed by atoms with Crippen LogP contribution in [0, 0.1) is 22.7 Å². The topological polar surface area (TPSA) is 78.2 Å². The van der Waals surface area contributed by atoms with Gasteiger partial charge in [0.2, 0.25) is 0 Å². The molecule has 1 saturated carbocycles. The van der Waals surface area contributed by atoms with Crippen molar-refractivity contribution in [2.45, 2.75) is 26.2 Å². The minimum absolute atomic E-state index is 0.123. The van der Waals surface area contributed by atoms with Crippen LogP contribution < -0.4 is 0 Å². The molecule has 1 aliphatic rings. The van der Waals surface area contributed by atoms with Crippen LogP contribution in [0.1, 0.15) is 26.2 Å². The predicted octanol–water partition coefficient (Wildman–Crippen LogP) is 0.970. The molecule has 0 radical (unpaired) electrons. The summed E-state index contributed by atoms with van der Waals surface area (Å²) in [6, 6.07) is 1.95. The highest BCUT2D eigenvalue weighted by molar-refractivity contribution is 6.05. The van der Waals surface area contributed by atoms with Crippen LogP contribution in [0.15, 0.2) is 0 Å². The van der Waals surface area contributed by atoms with E-state index in [4.69, 9.17) is 10.4 Å². The van der Waals surface area contributed by atoms with Crippen LogP contribution in [0.4, 0.5) is 0 Å². The van der Waals surface area contributed by atoms with Gasteiger partial charge in [0.15, 0.2) is 0 Å². The van der Waals surface area contributed by atoms with Gasteiger partial charge in [0, 0.05) is 6.42 Å². The Hall–Kier alpha value is -1.37. The van der Waals surface area contributed by atoms with Crippen molar-refractivity contribution < 1.29 is 14.7 Å². The highest BCUT2D eigenvalue weighted by Crippen LogP contribution is 2.55. The van der Waals surface area contributed by atoms with Crippen molar-refractivity contribution in [3.05, 3.63) is 0 Å². The first-order chi connectivity index (χ1) is 6.05. The Morgan fingerprint density at radius 3 is 2.62 bits per heavy atom. The third-order valence-electron chi connectivity index (χ3n) is 2.72. The van der Waals surface area contributed by atoms with Crippen LogP contribution in [0.25, 0.3) is 0 Å². The maximum atomic E-state index is 11.1. The fourth-order valence-electron chi connectivity index (χ4n) is 1.76. The number of nitrogens with zero attached hydrogens (tertiary/aromatic N) is 1. The van der Waals surface area contributed by atoms with E-state index in [0.29, 0.717) is 19.3 Å². The van der Waals surface area contributed by atoms with Crippen LogP contribution >= 0.6 is 0 Å². The average Bonchev–Trinajstić information content (AvgIpc) is 2.76. The van der Waals surface area contributed by atoms with Gasteiger partial charge in [-0.05, 0) is 25.7 Å². The van der Waals surface area contributed by atoms with E-state index in [9.17, 15) is 9.59 Å². The molecule has 1 N–H and O–H groups in total. The molecule has 0 aromatic heterocycles. The van der Waals surface area contributed by atoms with Crippen LogP contribution in [0.5, 0.6) is 0 Å². The van der Waals surface area contributed by atoms with Gasteiger partial charge in [-0.1, -0.05) is 0 Å². The van der Waals surface area contributed by atoms with Gasteiger partial charge >= 0.3 is 5.97 Å². The monoisotopic (exact) mass is 181 g/mol. The molecule has 0 saturated heterocycles. The fourth-order valence-corrected chi connectivity index (χ4v) is 1.76. The van der Waals surface area contributed by atoms with Crippen molar-refractivity contribution in [1.82, 2.24) is 0 Å². The molecule has 2 atom stereocenters. The number of Topliss-reactive ketones (excluding diaryl/α,β-unsaturated/α-hetero) is 1. The Labute approximate surface area is 76.2 Å². The predicted molar refractivity (Wildman–Crippen MR) is 43.7 cm³/mol. The van der Waals surface area contributed by atoms with Crippen LogP contribution in [0.3, 0.4) is 0 Å². The standard InChI is InChI=1S/C9H11NO3/c1-6(11)9(8(12)13)5-7(9)3-2-4-10/h7H,2-3,5H2,1H3,(H,12,13)/t7-,9?/m1/s1. The second-order valence-electron chi connectivity index (χ2n) is 3.43. The lowest BCUT2D eigenvalue weighted by Gasteiger charge is -2.06. The lowest BCUT2D eigenvalue weighted by Crippen LogP contribution is -2.25. The van der Waals surface area contributed by atoms with Crippen LogP contribution in [-0.2, 0) is 9.59 Å².